The minimum absolute atomic E-state index is 0.0180. The highest BCUT2D eigenvalue weighted by Crippen LogP contribution is 2.30. The Labute approximate surface area is 151 Å². The van der Waals surface area contributed by atoms with Gasteiger partial charge in [-0.25, -0.2) is 4.79 Å². The molecule has 1 heterocycles. The van der Waals surface area contributed by atoms with E-state index in [1.54, 1.807) is 6.92 Å². The van der Waals surface area contributed by atoms with Gasteiger partial charge in [0.05, 0.1) is 19.8 Å². The predicted molar refractivity (Wildman–Crippen MR) is 93.9 cm³/mol. The number of benzene rings is 1. The maximum absolute atomic E-state index is 12.4. The molecular weight excluding hydrogens is 340 g/mol. The summed E-state index contributed by atoms with van der Waals surface area (Å²) in [5, 5.41) is 30.0. The molecule has 0 spiro atoms. The molecule has 0 saturated carbocycles. The van der Waals surface area contributed by atoms with Crippen molar-refractivity contribution in [3.63, 3.8) is 0 Å². The summed E-state index contributed by atoms with van der Waals surface area (Å²) < 4.78 is 10.3. The lowest BCUT2D eigenvalue weighted by molar-refractivity contribution is -0.127. The van der Waals surface area contributed by atoms with E-state index in [1.807, 2.05) is 0 Å². The van der Waals surface area contributed by atoms with Crippen LogP contribution in [-0.2, 0) is 9.53 Å². The fraction of sp³-hybridized carbons (Fsp3) is 0.368. The summed E-state index contributed by atoms with van der Waals surface area (Å²) in [6, 6.07) is 2.84. The van der Waals surface area contributed by atoms with E-state index in [2.05, 4.69) is 0 Å². The number of esters is 1. The van der Waals surface area contributed by atoms with Gasteiger partial charge in [-0.05, 0) is 24.1 Å². The molecule has 3 atom stereocenters. The Hall–Kier alpha value is -2.64. The number of fused-ring (bicyclic) bond motifs is 1. The van der Waals surface area contributed by atoms with Crippen LogP contribution in [0.3, 0.4) is 0 Å². The van der Waals surface area contributed by atoms with Crippen LogP contribution >= 0.6 is 0 Å². The molecular formula is C19H22O7. The van der Waals surface area contributed by atoms with E-state index in [0.29, 0.717) is 11.3 Å². The number of rotatable bonds is 1. The zero-order chi connectivity index (χ0) is 19.3. The van der Waals surface area contributed by atoms with E-state index in [9.17, 15) is 24.9 Å². The van der Waals surface area contributed by atoms with Gasteiger partial charge in [0.1, 0.15) is 23.2 Å². The quantitative estimate of drug-likeness (QED) is 0.648. The van der Waals surface area contributed by atoms with Gasteiger partial charge in [-0.1, -0.05) is 25.2 Å². The van der Waals surface area contributed by atoms with Gasteiger partial charge in [-0.3, -0.25) is 4.79 Å². The maximum atomic E-state index is 12.4. The van der Waals surface area contributed by atoms with E-state index in [0.717, 1.165) is 6.08 Å². The van der Waals surface area contributed by atoms with E-state index in [-0.39, 0.29) is 30.3 Å². The highest BCUT2D eigenvalue weighted by molar-refractivity contribution is 5.97. The summed E-state index contributed by atoms with van der Waals surface area (Å²) in [6.07, 6.45) is 2.76. The van der Waals surface area contributed by atoms with E-state index >= 15 is 0 Å². The first-order valence-corrected chi connectivity index (χ1v) is 8.16. The summed E-state index contributed by atoms with van der Waals surface area (Å²) in [5.74, 6) is -1.59. The number of methoxy groups -OCH3 is 1. The molecule has 0 aromatic heterocycles. The van der Waals surface area contributed by atoms with Crippen LogP contribution in [0.5, 0.6) is 11.5 Å². The number of hydrogen-bond acceptors (Lipinski definition) is 7. The van der Waals surface area contributed by atoms with E-state index in [4.69, 9.17) is 9.47 Å². The van der Waals surface area contributed by atoms with Crippen LogP contribution < -0.4 is 4.74 Å². The number of aliphatic hydroxyl groups is 2. The number of cyclic esters (lactones) is 1. The Kier molecular flexibility index (Phi) is 6.54. The number of ether oxygens (including phenoxy) is 2. The molecule has 0 saturated heterocycles. The maximum Gasteiger partial charge on any atom is 0.342 e. The fourth-order valence-electron chi connectivity index (χ4n) is 2.44. The summed E-state index contributed by atoms with van der Waals surface area (Å²) in [4.78, 5) is 24.2. The smallest absolute Gasteiger partial charge is 0.342 e. The number of hydrogen-bond donors (Lipinski definition) is 3. The monoisotopic (exact) mass is 362 g/mol. The van der Waals surface area contributed by atoms with Crippen molar-refractivity contribution in [2.45, 2.75) is 25.6 Å². The minimum Gasteiger partial charge on any atom is -0.507 e. The number of phenols is 1. The van der Waals surface area contributed by atoms with Gasteiger partial charge in [0.15, 0.2) is 5.78 Å². The van der Waals surface area contributed by atoms with Gasteiger partial charge in [-0.15, -0.1) is 0 Å². The molecule has 7 nitrogen and oxygen atoms in total. The molecule has 0 amide bonds. The van der Waals surface area contributed by atoms with Gasteiger partial charge in [0.25, 0.3) is 0 Å². The van der Waals surface area contributed by atoms with Crippen LogP contribution in [0.1, 0.15) is 29.3 Å². The Balaban J connectivity index is 2.44. The number of carbonyl (C=O) groups excluding carboxylic acids is 2. The normalized spacial score (nSPS) is 27.0. The lowest BCUT2D eigenvalue weighted by Gasteiger charge is -2.16. The lowest BCUT2D eigenvalue weighted by Crippen LogP contribution is -2.32. The van der Waals surface area contributed by atoms with Crippen molar-refractivity contribution >= 4 is 17.8 Å². The molecule has 140 valence electrons. The second-order valence-corrected chi connectivity index (χ2v) is 6.10. The first-order valence-electron chi connectivity index (χ1n) is 8.16. The van der Waals surface area contributed by atoms with Crippen LogP contribution in [0.2, 0.25) is 0 Å². The van der Waals surface area contributed by atoms with Crippen LogP contribution in [-0.4, -0.2) is 53.0 Å². The first-order chi connectivity index (χ1) is 12.3. The van der Waals surface area contributed by atoms with Crippen molar-refractivity contribution in [2.24, 2.45) is 5.92 Å². The molecule has 0 unspecified atom stereocenters. The standard InChI is InChI=1S/C19H22O7/c1-11-6-7-15(21)18(23)14(20)5-3-4-12-8-13(25-2)9-16(22)17(12)19(24)26-10-11/h3-4,6-9,11,14,18,20,22-23H,5,10H2,1-2H3/b4-3+,7-6-/t11-,14+,18+/m1/s1. The molecule has 1 aromatic carbocycles. The van der Waals surface area contributed by atoms with Gasteiger partial charge in [0.2, 0.25) is 0 Å². The van der Waals surface area contributed by atoms with Crippen molar-refractivity contribution in [3.8, 4) is 11.5 Å². The molecule has 1 aliphatic rings. The summed E-state index contributed by atoms with van der Waals surface area (Å²) in [7, 11) is 1.42. The van der Waals surface area contributed by atoms with Gasteiger partial charge in [0, 0.05) is 12.0 Å². The Morgan fingerprint density at radius 3 is 2.62 bits per heavy atom. The minimum atomic E-state index is -1.55. The Bertz CT molecular complexity index is 736. The zero-order valence-electron chi connectivity index (χ0n) is 14.6. The first kappa shape index (κ1) is 19.7. The zero-order valence-corrected chi connectivity index (χ0v) is 14.6. The lowest BCUT2D eigenvalue weighted by atomic mass is 10.0. The van der Waals surface area contributed by atoms with Gasteiger partial charge >= 0.3 is 5.97 Å². The van der Waals surface area contributed by atoms with Crippen molar-refractivity contribution in [3.05, 3.63) is 41.5 Å². The van der Waals surface area contributed by atoms with Crippen molar-refractivity contribution < 1.29 is 34.4 Å². The predicted octanol–water partition coefficient (Wildman–Crippen LogP) is 1.46. The highest BCUT2D eigenvalue weighted by Gasteiger charge is 2.23. The van der Waals surface area contributed by atoms with Gasteiger partial charge in [-0.2, -0.15) is 0 Å². The van der Waals surface area contributed by atoms with Gasteiger partial charge < -0.3 is 24.8 Å². The van der Waals surface area contributed by atoms with Crippen LogP contribution in [0.4, 0.5) is 0 Å². The largest absolute Gasteiger partial charge is 0.507 e. The molecule has 0 radical (unpaired) electrons. The molecule has 0 fully saturated rings. The molecule has 1 aliphatic heterocycles. The highest BCUT2D eigenvalue weighted by atomic mass is 16.5. The van der Waals surface area contributed by atoms with Crippen molar-refractivity contribution in [1.29, 1.82) is 0 Å². The number of aliphatic hydroxyl groups excluding tert-OH is 2. The number of ketones is 1. The molecule has 2 rings (SSSR count). The summed E-state index contributed by atoms with van der Waals surface area (Å²) in [6.45, 7) is 1.70. The molecule has 26 heavy (non-hydrogen) atoms. The third-order valence-electron chi connectivity index (χ3n) is 3.96. The van der Waals surface area contributed by atoms with Crippen molar-refractivity contribution in [1.82, 2.24) is 0 Å². The average Bonchev–Trinajstić information content (AvgIpc) is 2.62. The number of aromatic hydroxyl groups is 1. The SMILES string of the molecule is COc1cc(O)c2c(c1)/C=C/C[C@H](O)[C@H](O)C(=O)/C=C\[C@@H](C)COC2=O. The molecule has 0 aliphatic carbocycles. The van der Waals surface area contributed by atoms with Crippen LogP contribution in [0, 0.1) is 5.92 Å². The third kappa shape index (κ3) is 4.71. The summed E-state index contributed by atoms with van der Waals surface area (Å²) in [5.41, 5.74) is 0.307. The Morgan fingerprint density at radius 1 is 1.19 bits per heavy atom. The second-order valence-electron chi connectivity index (χ2n) is 6.10. The third-order valence-corrected chi connectivity index (χ3v) is 3.96. The molecule has 0 bridgehead atoms. The summed E-state index contributed by atoms with van der Waals surface area (Å²) >= 11 is 0. The number of carbonyl (C=O) groups is 2. The second kappa shape index (κ2) is 8.64. The Morgan fingerprint density at radius 2 is 1.92 bits per heavy atom. The van der Waals surface area contributed by atoms with E-state index < -0.39 is 24.0 Å². The molecule has 1 aromatic rings. The van der Waals surface area contributed by atoms with Crippen LogP contribution in [0.15, 0.2) is 30.4 Å². The molecule has 3 N–H and O–H groups in total. The van der Waals surface area contributed by atoms with E-state index in [1.165, 1.54) is 37.5 Å². The van der Waals surface area contributed by atoms with Crippen molar-refractivity contribution in [2.75, 3.05) is 13.7 Å². The average molecular weight is 362 g/mol. The number of phenolic OH excluding ortho intramolecular Hbond substituents is 1. The molecule has 7 heteroatoms. The fourth-order valence-corrected chi connectivity index (χ4v) is 2.44. The van der Waals surface area contributed by atoms with Crippen LogP contribution in [0.25, 0.3) is 6.08 Å². The topological polar surface area (TPSA) is 113 Å².